The van der Waals surface area contributed by atoms with E-state index in [4.69, 9.17) is 4.74 Å². The van der Waals surface area contributed by atoms with Crippen LogP contribution in [0.5, 0.6) is 0 Å². The van der Waals surface area contributed by atoms with Crippen molar-refractivity contribution in [2.24, 2.45) is 0 Å². The van der Waals surface area contributed by atoms with Crippen LogP contribution in [0.15, 0.2) is 6.07 Å². The second kappa shape index (κ2) is 3.83. The van der Waals surface area contributed by atoms with Crippen LogP contribution >= 0.6 is 0 Å². The molecule has 0 spiro atoms. The molecule has 0 radical (unpaired) electrons. The van der Waals surface area contributed by atoms with Gasteiger partial charge < -0.3 is 9.64 Å². The average molecular weight is 201 g/mol. The third-order valence-electron chi connectivity index (χ3n) is 1.95. The van der Waals surface area contributed by atoms with Gasteiger partial charge in [0.05, 0.1) is 13.2 Å². The van der Waals surface area contributed by atoms with E-state index in [0.717, 1.165) is 0 Å². The summed E-state index contributed by atoms with van der Waals surface area (Å²) in [5, 5.41) is 0. The molecule has 0 bridgehead atoms. The third-order valence-corrected chi connectivity index (χ3v) is 1.95. The molecule has 0 atom stereocenters. The first-order valence-electron chi connectivity index (χ1n) is 4.28. The molecular weight excluding hydrogens is 192 g/mol. The SMILES string of the molecule is Fc1cc(F)nc(N2CCOCC2)n1. The second-order valence-electron chi connectivity index (χ2n) is 2.91. The fourth-order valence-corrected chi connectivity index (χ4v) is 1.28. The Kier molecular flexibility index (Phi) is 2.53. The van der Waals surface area contributed by atoms with Crippen molar-refractivity contribution in [1.29, 1.82) is 0 Å². The molecule has 1 aromatic heterocycles. The summed E-state index contributed by atoms with van der Waals surface area (Å²) in [4.78, 5) is 8.71. The number of ether oxygens (including phenoxy) is 1. The zero-order valence-corrected chi connectivity index (χ0v) is 7.41. The van der Waals surface area contributed by atoms with Gasteiger partial charge >= 0.3 is 0 Å². The summed E-state index contributed by atoms with van der Waals surface area (Å²) in [6.45, 7) is 2.18. The summed E-state index contributed by atoms with van der Waals surface area (Å²) in [5.74, 6) is -1.61. The van der Waals surface area contributed by atoms with E-state index in [2.05, 4.69) is 9.97 Å². The number of aromatic nitrogens is 2. The quantitative estimate of drug-likeness (QED) is 0.623. The fraction of sp³-hybridized carbons (Fsp3) is 0.500. The smallest absolute Gasteiger partial charge is 0.230 e. The van der Waals surface area contributed by atoms with E-state index in [9.17, 15) is 8.78 Å². The molecule has 0 aromatic carbocycles. The molecule has 76 valence electrons. The lowest BCUT2D eigenvalue weighted by Crippen LogP contribution is -2.37. The number of rotatable bonds is 1. The summed E-state index contributed by atoms with van der Waals surface area (Å²) in [6.07, 6.45) is 0. The lowest BCUT2D eigenvalue weighted by molar-refractivity contribution is 0.122. The number of anilines is 1. The predicted octanol–water partition coefficient (Wildman–Crippen LogP) is 0.591. The molecule has 0 amide bonds. The Hall–Kier alpha value is -1.30. The van der Waals surface area contributed by atoms with Crippen LogP contribution in [0.3, 0.4) is 0 Å². The first-order valence-corrected chi connectivity index (χ1v) is 4.28. The topological polar surface area (TPSA) is 38.2 Å². The second-order valence-corrected chi connectivity index (χ2v) is 2.91. The molecule has 1 aromatic rings. The van der Waals surface area contributed by atoms with E-state index in [1.54, 1.807) is 4.90 Å². The van der Waals surface area contributed by atoms with Crippen LogP contribution in [0, 0.1) is 11.9 Å². The zero-order chi connectivity index (χ0) is 9.97. The molecule has 1 aliphatic heterocycles. The van der Waals surface area contributed by atoms with Gasteiger partial charge in [-0.2, -0.15) is 18.7 Å². The molecule has 0 N–H and O–H groups in total. The maximum Gasteiger partial charge on any atom is 0.230 e. The summed E-state index contributed by atoms with van der Waals surface area (Å²) >= 11 is 0. The molecule has 1 aliphatic rings. The minimum absolute atomic E-state index is 0.0887. The standard InChI is InChI=1S/C8H9F2N3O/c9-6-5-7(10)12-8(11-6)13-1-3-14-4-2-13/h5H,1-4H2. The van der Waals surface area contributed by atoms with Crippen LogP contribution in [0.4, 0.5) is 14.7 Å². The third kappa shape index (κ3) is 1.95. The molecule has 0 aliphatic carbocycles. The van der Waals surface area contributed by atoms with Crippen molar-refractivity contribution in [3.8, 4) is 0 Å². The minimum Gasteiger partial charge on any atom is -0.378 e. The Balaban J connectivity index is 2.21. The maximum atomic E-state index is 12.7. The van der Waals surface area contributed by atoms with Crippen molar-refractivity contribution in [3.05, 3.63) is 18.0 Å². The van der Waals surface area contributed by atoms with Crippen molar-refractivity contribution in [3.63, 3.8) is 0 Å². The highest BCUT2D eigenvalue weighted by Gasteiger charge is 2.15. The molecule has 0 saturated carbocycles. The van der Waals surface area contributed by atoms with Crippen molar-refractivity contribution < 1.29 is 13.5 Å². The van der Waals surface area contributed by atoms with Crippen molar-refractivity contribution in [2.75, 3.05) is 31.2 Å². The van der Waals surface area contributed by atoms with Crippen molar-refractivity contribution >= 4 is 5.95 Å². The van der Waals surface area contributed by atoms with Crippen molar-refractivity contribution in [1.82, 2.24) is 9.97 Å². The minimum atomic E-state index is -0.848. The molecule has 1 saturated heterocycles. The first kappa shape index (κ1) is 9.26. The van der Waals surface area contributed by atoms with Gasteiger partial charge in [-0.05, 0) is 0 Å². The molecule has 6 heteroatoms. The molecule has 0 unspecified atom stereocenters. The number of hydrogen-bond donors (Lipinski definition) is 0. The van der Waals surface area contributed by atoms with Crippen LogP contribution in [0.25, 0.3) is 0 Å². The van der Waals surface area contributed by atoms with Gasteiger partial charge in [0.15, 0.2) is 0 Å². The summed E-state index contributed by atoms with van der Waals surface area (Å²) in [7, 11) is 0. The van der Waals surface area contributed by atoms with E-state index in [0.29, 0.717) is 32.4 Å². The zero-order valence-electron chi connectivity index (χ0n) is 7.41. The molecule has 1 fully saturated rings. The number of hydrogen-bond acceptors (Lipinski definition) is 4. The van der Waals surface area contributed by atoms with Gasteiger partial charge in [0.25, 0.3) is 0 Å². The Labute approximate surface area is 79.5 Å². The first-order chi connectivity index (χ1) is 6.75. The summed E-state index contributed by atoms with van der Waals surface area (Å²) in [5.41, 5.74) is 0. The molecule has 14 heavy (non-hydrogen) atoms. The van der Waals surface area contributed by atoms with Crippen LogP contribution < -0.4 is 4.90 Å². The average Bonchev–Trinajstić information content (AvgIpc) is 2.18. The Morgan fingerprint density at radius 1 is 1.14 bits per heavy atom. The van der Waals surface area contributed by atoms with Gasteiger partial charge in [0, 0.05) is 19.2 Å². The lowest BCUT2D eigenvalue weighted by atomic mass is 10.4. The number of nitrogens with zero attached hydrogens (tertiary/aromatic N) is 3. The van der Waals surface area contributed by atoms with Gasteiger partial charge in [0.1, 0.15) is 0 Å². The van der Waals surface area contributed by atoms with Gasteiger partial charge in [0.2, 0.25) is 17.8 Å². The predicted molar refractivity (Wildman–Crippen MR) is 45.0 cm³/mol. The van der Waals surface area contributed by atoms with E-state index in [-0.39, 0.29) is 5.95 Å². The molecule has 4 nitrogen and oxygen atoms in total. The van der Waals surface area contributed by atoms with Gasteiger partial charge in [-0.15, -0.1) is 0 Å². The number of morpholine rings is 1. The van der Waals surface area contributed by atoms with Gasteiger partial charge in [-0.1, -0.05) is 0 Å². The molecular formula is C8H9F2N3O. The van der Waals surface area contributed by atoms with Gasteiger partial charge in [-0.25, -0.2) is 0 Å². The Bertz CT molecular complexity index is 308. The van der Waals surface area contributed by atoms with E-state index in [1.807, 2.05) is 0 Å². The highest BCUT2D eigenvalue weighted by molar-refractivity contribution is 5.29. The van der Waals surface area contributed by atoms with Gasteiger partial charge in [-0.3, -0.25) is 0 Å². The highest BCUT2D eigenvalue weighted by Crippen LogP contribution is 2.10. The van der Waals surface area contributed by atoms with E-state index >= 15 is 0 Å². The largest absolute Gasteiger partial charge is 0.378 e. The highest BCUT2D eigenvalue weighted by atomic mass is 19.1. The van der Waals surface area contributed by atoms with E-state index < -0.39 is 11.9 Å². The van der Waals surface area contributed by atoms with E-state index in [1.165, 1.54) is 0 Å². The molecule has 2 heterocycles. The van der Waals surface area contributed by atoms with Crippen LogP contribution in [0.1, 0.15) is 0 Å². The maximum absolute atomic E-state index is 12.7. The van der Waals surface area contributed by atoms with Crippen LogP contribution in [-0.2, 0) is 4.74 Å². The normalized spacial score (nSPS) is 17.1. The van der Waals surface area contributed by atoms with Crippen LogP contribution in [0.2, 0.25) is 0 Å². The van der Waals surface area contributed by atoms with Crippen LogP contribution in [-0.4, -0.2) is 36.3 Å². The van der Waals surface area contributed by atoms with Crippen molar-refractivity contribution in [2.45, 2.75) is 0 Å². The Morgan fingerprint density at radius 3 is 2.29 bits per heavy atom. The summed E-state index contributed by atoms with van der Waals surface area (Å²) in [6, 6.07) is 0.657. The summed E-state index contributed by atoms with van der Waals surface area (Å²) < 4.78 is 30.6. The number of halogens is 2. The fourth-order valence-electron chi connectivity index (χ4n) is 1.28. The molecule has 2 rings (SSSR count). The monoisotopic (exact) mass is 201 g/mol. The lowest BCUT2D eigenvalue weighted by Gasteiger charge is -2.26. The Morgan fingerprint density at radius 2 is 1.71 bits per heavy atom.